The van der Waals surface area contributed by atoms with E-state index < -0.39 is 0 Å². The Labute approximate surface area is 85.5 Å². The van der Waals surface area contributed by atoms with Crippen LogP contribution in [0.15, 0.2) is 10.5 Å². The monoisotopic (exact) mass is 242 g/mol. The molecule has 0 aromatic carbocycles. The van der Waals surface area contributed by atoms with E-state index in [2.05, 4.69) is 20.9 Å². The van der Waals surface area contributed by atoms with Gasteiger partial charge < -0.3 is 5.73 Å². The van der Waals surface area contributed by atoms with E-state index in [0.29, 0.717) is 0 Å². The number of aromatic nitrogens is 1. The third kappa shape index (κ3) is 2.52. The van der Waals surface area contributed by atoms with Crippen molar-refractivity contribution in [3.63, 3.8) is 0 Å². The van der Waals surface area contributed by atoms with Crippen molar-refractivity contribution >= 4 is 21.8 Å². The molecule has 0 aliphatic carbocycles. The van der Waals surface area contributed by atoms with Crippen molar-refractivity contribution in [2.24, 2.45) is 5.73 Å². The van der Waals surface area contributed by atoms with E-state index in [1.54, 1.807) is 0 Å². The van der Waals surface area contributed by atoms with E-state index in [9.17, 15) is 4.79 Å². The molecule has 1 amide bonds. The summed E-state index contributed by atoms with van der Waals surface area (Å²) in [6, 6.07) is 1.86. The Morgan fingerprint density at radius 2 is 2.23 bits per heavy atom. The minimum atomic E-state index is -0.353. The Kier molecular flexibility index (Phi) is 3.03. The first-order chi connectivity index (χ1) is 6.00. The van der Waals surface area contributed by atoms with E-state index in [1.165, 1.54) is 0 Å². The molecule has 0 saturated heterocycles. The van der Waals surface area contributed by atoms with Crippen molar-refractivity contribution in [1.29, 1.82) is 0 Å². The number of hydrogen-bond acceptors (Lipinski definition) is 2. The highest BCUT2D eigenvalue weighted by atomic mass is 79.9. The normalized spacial score (nSPS) is 10.1. The number of nitrogens with zero attached hydrogens (tertiary/aromatic N) is 1. The van der Waals surface area contributed by atoms with Gasteiger partial charge in [0.1, 0.15) is 0 Å². The molecule has 0 saturated carbocycles. The van der Waals surface area contributed by atoms with Gasteiger partial charge in [-0.1, -0.05) is 0 Å². The van der Waals surface area contributed by atoms with Crippen molar-refractivity contribution < 1.29 is 4.79 Å². The first kappa shape index (κ1) is 10.2. The highest BCUT2D eigenvalue weighted by Gasteiger charge is 2.05. The maximum absolute atomic E-state index is 10.6. The molecule has 0 unspecified atom stereocenters. The van der Waals surface area contributed by atoms with Crippen LogP contribution in [0.2, 0.25) is 0 Å². The molecular formula is C9H11BrN2O. The zero-order valence-corrected chi connectivity index (χ0v) is 9.18. The summed E-state index contributed by atoms with van der Waals surface area (Å²) in [7, 11) is 0. The fourth-order valence-electron chi connectivity index (χ4n) is 1.16. The van der Waals surface area contributed by atoms with E-state index in [0.717, 1.165) is 21.4 Å². The van der Waals surface area contributed by atoms with Gasteiger partial charge in [0.2, 0.25) is 5.91 Å². The van der Waals surface area contributed by atoms with Crippen LogP contribution in [-0.2, 0) is 11.2 Å². The number of hydrogen-bond donors (Lipinski definition) is 1. The molecule has 1 aromatic rings. The second-order valence-electron chi connectivity index (χ2n) is 2.97. The molecule has 0 bridgehead atoms. The van der Waals surface area contributed by atoms with Crippen LogP contribution in [0.1, 0.15) is 17.0 Å². The number of rotatable bonds is 2. The molecular weight excluding hydrogens is 232 g/mol. The molecule has 13 heavy (non-hydrogen) atoms. The van der Waals surface area contributed by atoms with Gasteiger partial charge in [-0.25, -0.2) is 0 Å². The average Bonchev–Trinajstić information content (AvgIpc) is 1.98. The molecule has 1 heterocycles. The number of halogens is 1. The predicted octanol–water partition coefficient (Wildman–Crippen LogP) is 1.49. The molecule has 1 rings (SSSR count). The second-order valence-corrected chi connectivity index (χ2v) is 3.77. The number of pyridine rings is 1. The lowest BCUT2D eigenvalue weighted by molar-refractivity contribution is -0.117. The average molecular weight is 243 g/mol. The van der Waals surface area contributed by atoms with Crippen LogP contribution in [0.3, 0.4) is 0 Å². The zero-order chi connectivity index (χ0) is 10.0. The summed E-state index contributed by atoms with van der Waals surface area (Å²) >= 11 is 3.40. The molecule has 0 aliphatic rings. The topological polar surface area (TPSA) is 56.0 Å². The first-order valence-electron chi connectivity index (χ1n) is 3.91. The van der Waals surface area contributed by atoms with Crippen LogP contribution in [0, 0.1) is 13.8 Å². The van der Waals surface area contributed by atoms with Crippen molar-refractivity contribution in [3.8, 4) is 0 Å². The van der Waals surface area contributed by atoms with Crippen LogP contribution >= 0.6 is 15.9 Å². The lowest BCUT2D eigenvalue weighted by Crippen LogP contribution is -2.15. The maximum atomic E-state index is 10.6. The Hall–Kier alpha value is -0.900. The fraction of sp³-hybridized carbons (Fsp3) is 0.333. The highest BCUT2D eigenvalue weighted by molar-refractivity contribution is 9.10. The summed E-state index contributed by atoms with van der Waals surface area (Å²) in [6.07, 6.45) is 0.203. The molecule has 0 radical (unpaired) electrons. The van der Waals surface area contributed by atoms with Gasteiger partial charge in [-0.2, -0.15) is 0 Å². The van der Waals surface area contributed by atoms with Gasteiger partial charge in [0, 0.05) is 4.47 Å². The molecule has 70 valence electrons. The summed E-state index contributed by atoms with van der Waals surface area (Å²) in [6.45, 7) is 3.85. The standard InChI is InChI=1S/C9H11BrN2O/c1-5-3-7(4-8(11)13)12-6(2)9(5)10/h3H,4H2,1-2H3,(H2,11,13). The van der Waals surface area contributed by atoms with Crippen LogP contribution in [0.25, 0.3) is 0 Å². The SMILES string of the molecule is Cc1cc(CC(N)=O)nc(C)c1Br. The summed E-state index contributed by atoms with van der Waals surface area (Å²) in [4.78, 5) is 14.9. The van der Waals surface area contributed by atoms with E-state index >= 15 is 0 Å². The molecule has 2 N–H and O–H groups in total. The van der Waals surface area contributed by atoms with Crippen LogP contribution in [0.4, 0.5) is 0 Å². The van der Waals surface area contributed by atoms with Gasteiger partial charge in [0.05, 0.1) is 17.8 Å². The van der Waals surface area contributed by atoms with Gasteiger partial charge in [-0.3, -0.25) is 9.78 Å². The van der Waals surface area contributed by atoms with Gasteiger partial charge in [-0.15, -0.1) is 0 Å². The minimum absolute atomic E-state index is 0.203. The molecule has 0 atom stereocenters. The zero-order valence-electron chi connectivity index (χ0n) is 7.60. The van der Waals surface area contributed by atoms with Crippen molar-refractivity contribution in [3.05, 3.63) is 27.5 Å². The van der Waals surface area contributed by atoms with E-state index in [-0.39, 0.29) is 12.3 Å². The molecule has 0 aliphatic heterocycles. The number of primary amides is 1. The quantitative estimate of drug-likeness (QED) is 0.855. The van der Waals surface area contributed by atoms with Crippen molar-refractivity contribution in [2.75, 3.05) is 0 Å². The fourth-order valence-corrected chi connectivity index (χ4v) is 1.37. The molecule has 3 nitrogen and oxygen atoms in total. The summed E-state index contributed by atoms with van der Waals surface area (Å²) in [5, 5.41) is 0. The van der Waals surface area contributed by atoms with Crippen molar-refractivity contribution in [2.45, 2.75) is 20.3 Å². The lowest BCUT2D eigenvalue weighted by Gasteiger charge is -2.04. The van der Waals surface area contributed by atoms with Gasteiger partial charge >= 0.3 is 0 Å². The Bertz CT molecular complexity index is 326. The third-order valence-corrected chi connectivity index (χ3v) is 2.91. The van der Waals surface area contributed by atoms with Crippen molar-refractivity contribution in [1.82, 2.24) is 4.98 Å². The van der Waals surface area contributed by atoms with E-state index in [1.807, 2.05) is 19.9 Å². The number of carbonyl (C=O) groups excluding carboxylic acids is 1. The number of amides is 1. The number of carbonyl (C=O) groups is 1. The maximum Gasteiger partial charge on any atom is 0.223 e. The smallest absolute Gasteiger partial charge is 0.223 e. The third-order valence-electron chi connectivity index (χ3n) is 1.71. The second kappa shape index (κ2) is 3.87. The summed E-state index contributed by atoms with van der Waals surface area (Å²) < 4.78 is 0.987. The van der Waals surface area contributed by atoms with Gasteiger partial charge in [0.15, 0.2) is 0 Å². The minimum Gasteiger partial charge on any atom is -0.369 e. The summed E-state index contributed by atoms with van der Waals surface area (Å²) in [5.74, 6) is -0.353. The predicted molar refractivity (Wildman–Crippen MR) is 54.3 cm³/mol. The Morgan fingerprint density at radius 1 is 1.62 bits per heavy atom. The first-order valence-corrected chi connectivity index (χ1v) is 4.71. The Morgan fingerprint density at radius 3 is 2.69 bits per heavy atom. The van der Waals surface area contributed by atoms with E-state index in [4.69, 9.17) is 5.73 Å². The molecule has 4 heteroatoms. The highest BCUT2D eigenvalue weighted by Crippen LogP contribution is 2.19. The lowest BCUT2D eigenvalue weighted by atomic mass is 10.2. The largest absolute Gasteiger partial charge is 0.369 e. The molecule has 0 spiro atoms. The van der Waals surface area contributed by atoms with Gasteiger partial charge in [0.25, 0.3) is 0 Å². The number of aryl methyl sites for hydroxylation is 2. The van der Waals surface area contributed by atoms with Crippen LogP contribution in [0.5, 0.6) is 0 Å². The van der Waals surface area contributed by atoms with Crippen LogP contribution in [-0.4, -0.2) is 10.9 Å². The van der Waals surface area contributed by atoms with Gasteiger partial charge in [-0.05, 0) is 41.4 Å². The van der Waals surface area contributed by atoms with Crippen LogP contribution < -0.4 is 5.73 Å². The number of nitrogens with two attached hydrogens (primary N) is 1. The Balaban J connectivity index is 3.06. The molecule has 0 fully saturated rings. The summed E-state index contributed by atoms with van der Waals surface area (Å²) in [5.41, 5.74) is 7.76. The molecule has 1 aromatic heterocycles.